The average Bonchev–Trinajstić information content (AvgIpc) is 3.27. The standard InChI is InChI=1S/C23H20BrN3O3S/c24-18-4-1-16(2-5-18)20-8-6-19(31-20)7-10-22(29)26-11-13-27(14-12-26)23(30)17-3-9-21(28)25-15-17/h1-10,15H,11-14H2,(H,25,28)/b10-7+. The van der Waals surface area contributed by atoms with Crippen LogP contribution in [0.2, 0.25) is 0 Å². The maximum atomic E-state index is 12.6. The van der Waals surface area contributed by atoms with E-state index in [-0.39, 0.29) is 17.4 Å². The number of piperazine rings is 1. The molecule has 1 aliphatic heterocycles. The molecule has 1 aromatic carbocycles. The predicted octanol–water partition coefficient (Wildman–Crippen LogP) is 3.86. The lowest BCUT2D eigenvalue weighted by molar-refractivity contribution is -0.127. The predicted molar refractivity (Wildman–Crippen MR) is 126 cm³/mol. The second-order valence-corrected chi connectivity index (χ2v) is 9.13. The number of halogens is 1. The topological polar surface area (TPSA) is 73.5 Å². The molecule has 1 saturated heterocycles. The summed E-state index contributed by atoms with van der Waals surface area (Å²) in [4.78, 5) is 44.4. The van der Waals surface area contributed by atoms with Gasteiger partial charge in [0.05, 0.1) is 5.56 Å². The number of carbonyl (C=O) groups is 2. The second-order valence-electron chi connectivity index (χ2n) is 7.10. The van der Waals surface area contributed by atoms with Gasteiger partial charge in [-0.2, -0.15) is 0 Å². The molecule has 0 aliphatic carbocycles. The lowest BCUT2D eigenvalue weighted by Gasteiger charge is -2.34. The van der Waals surface area contributed by atoms with Crippen LogP contribution in [0.25, 0.3) is 16.5 Å². The second kappa shape index (κ2) is 9.45. The molecular formula is C23H20BrN3O3S. The fourth-order valence-corrected chi connectivity index (χ4v) is 4.51. The summed E-state index contributed by atoms with van der Waals surface area (Å²) < 4.78 is 1.04. The number of nitrogens with one attached hydrogen (secondary N) is 1. The van der Waals surface area contributed by atoms with Gasteiger partial charge in [0.1, 0.15) is 0 Å². The van der Waals surface area contributed by atoms with Crippen LogP contribution in [0.4, 0.5) is 0 Å². The Hall–Kier alpha value is -2.97. The molecule has 3 aromatic rings. The Morgan fingerprint density at radius 1 is 0.935 bits per heavy atom. The zero-order valence-electron chi connectivity index (χ0n) is 16.6. The van der Waals surface area contributed by atoms with Crippen LogP contribution in [0.15, 0.2) is 70.1 Å². The van der Waals surface area contributed by atoms with Crippen molar-refractivity contribution in [3.8, 4) is 10.4 Å². The minimum absolute atomic E-state index is 0.0604. The Labute approximate surface area is 192 Å². The highest BCUT2D eigenvalue weighted by Gasteiger charge is 2.24. The number of carbonyl (C=O) groups excluding carboxylic acids is 2. The van der Waals surface area contributed by atoms with Crippen molar-refractivity contribution < 1.29 is 9.59 Å². The van der Waals surface area contributed by atoms with Crippen LogP contribution in [-0.4, -0.2) is 52.8 Å². The summed E-state index contributed by atoms with van der Waals surface area (Å²) in [6.45, 7) is 1.88. The van der Waals surface area contributed by atoms with Gasteiger partial charge in [-0.1, -0.05) is 28.1 Å². The molecule has 31 heavy (non-hydrogen) atoms. The number of H-pyrrole nitrogens is 1. The Balaban J connectivity index is 1.32. The highest BCUT2D eigenvalue weighted by Crippen LogP contribution is 2.29. The summed E-state index contributed by atoms with van der Waals surface area (Å²) in [5, 5.41) is 0. The molecule has 0 unspecified atom stereocenters. The molecule has 2 aromatic heterocycles. The maximum absolute atomic E-state index is 12.6. The van der Waals surface area contributed by atoms with E-state index in [9.17, 15) is 14.4 Å². The Bertz CT molecular complexity index is 1150. The number of benzene rings is 1. The van der Waals surface area contributed by atoms with Gasteiger partial charge in [-0.25, -0.2) is 0 Å². The van der Waals surface area contributed by atoms with E-state index in [0.717, 1.165) is 19.8 Å². The molecule has 0 bridgehead atoms. The first-order valence-corrected chi connectivity index (χ1v) is 11.4. The van der Waals surface area contributed by atoms with Gasteiger partial charge in [-0.15, -0.1) is 11.3 Å². The van der Waals surface area contributed by atoms with E-state index in [1.165, 1.54) is 18.3 Å². The van der Waals surface area contributed by atoms with Crippen LogP contribution < -0.4 is 5.56 Å². The monoisotopic (exact) mass is 497 g/mol. The number of amides is 2. The number of thiophene rings is 1. The number of pyridine rings is 1. The Kier molecular flexibility index (Phi) is 6.48. The lowest BCUT2D eigenvalue weighted by atomic mass is 10.2. The summed E-state index contributed by atoms with van der Waals surface area (Å²) in [5.41, 5.74) is 1.34. The summed E-state index contributed by atoms with van der Waals surface area (Å²) in [5.74, 6) is -0.201. The van der Waals surface area contributed by atoms with Gasteiger partial charge in [-0.05, 0) is 42.0 Å². The number of aromatic nitrogens is 1. The Morgan fingerprint density at radius 2 is 1.65 bits per heavy atom. The number of hydrogen-bond donors (Lipinski definition) is 1. The summed E-state index contributed by atoms with van der Waals surface area (Å²) in [7, 11) is 0. The summed E-state index contributed by atoms with van der Waals surface area (Å²) in [6.07, 6.45) is 4.86. The average molecular weight is 498 g/mol. The molecule has 1 N–H and O–H groups in total. The van der Waals surface area contributed by atoms with Crippen molar-refractivity contribution in [1.82, 2.24) is 14.8 Å². The van der Waals surface area contributed by atoms with E-state index in [4.69, 9.17) is 0 Å². The molecular weight excluding hydrogens is 478 g/mol. The molecule has 158 valence electrons. The van der Waals surface area contributed by atoms with E-state index in [1.807, 2.05) is 24.3 Å². The van der Waals surface area contributed by atoms with Crippen molar-refractivity contribution in [3.63, 3.8) is 0 Å². The fraction of sp³-hybridized carbons (Fsp3) is 0.174. The largest absolute Gasteiger partial charge is 0.336 e. The minimum atomic E-state index is -0.242. The molecule has 4 rings (SSSR count). The molecule has 0 radical (unpaired) electrons. The van der Waals surface area contributed by atoms with Crippen LogP contribution in [0.5, 0.6) is 0 Å². The fourth-order valence-electron chi connectivity index (χ4n) is 3.33. The smallest absolute Gasteiger partial charge is 0.255 e. The first-order valence-electron chi connectivity index (χ1n) is 9.80. The van der Waals surface area contributed by atoms with Gasteiger partial charge in [0, 0.05) is 58.7 Å². The number of rotatable bonds is 4. The van der Waals surface area contributed by atoms with Gasteiger partial charge < -0.3 is 14.8 Å². The third-order valence-corrected chi connectivity index (χ3v) is 6.68. The SMILES string of the molecule is O=C(/C=C/c1ccc(-c2ccc(Br)cc2)s1)N1CCN(C(=O)c2ccc(=O)[nH]c2)CC1. The first-order chi connectivity index (χ1) is 15.0. The van der Waals surface area contributed by atoms with Gasteiger partial charge in [0.15, 0.2) is 0 Å². The van der Waals surface area contributed by atoms with Crippen LogP contribution in [-0.2, 0) is 4.79 Å². The molecule has 0 spiro atoms. The van der Waals surface area contributed by atoms with Gasteiger partial charge >= 0.3 is 0 Å². The zero-order chi connectivity index (χ0) is 21.8. The molecule has 0 saturated carbocycles. The maximum Gasteiger partial charge on any atom is 0.255 e. The van der Waals surface area contributed by atoms with E-state index < -0.39 is 0 Å². The highest BCUT2D eigenvalue weighted by molar-refractivity contribution is 9.10. The third-order valence-electron chi connectivity index (χ3n) is 5.06. The third kappa shape index (κ3) is 5.21. The first kappa shape index (κ1) is 21.3. The normalized spacial score (nSPS) is 14.2. The lowest BCUT2D eigenvalue weighted by Crippen LogP contribution is -2.50. The van der Waals surface area contributed by atoms with Crippen LogP contribution >= 0.6 is 27.3 Å². The Morgan fingerprint density at radius 3 is 2.32 bits per heavy atom. The molecule has 2 amide bonds. The quantitative estimate of drug-likeness (QED) is 0.556. The van der Waals surface area contributed by atoms with Crippen LogP contribution in [0, 0.1) is 0 Å². The van der Waals surface area contributed by atoms with Gasteiger partial charge in [0.25, 0.3) is 5.91 Å². The van der Waals surface area contributed by atoms with Crippen LogP contribution in [0.3, 0.4) is 0 Å². The zero-order valence-corrected chi connectivity index (χ0v) is 19.0. The highest BCUT2D eigenvalue weighted by atomic mass is 79.9. The van der Waals surface area contributed by atoms with Crippen molar-refractivity contribution in [2.24, 2.45) is 0 Å². The van der Waals surface area contributed by atoms with Crippen molar-refractivity contribution >= 4 is 45.2 Å². The van der Waals surface area contributed by atoms with Crippen molar-refractivity contribution in [3.05, 3.63) is 86.1 Å². The van der Waals surface area contributed by atoms with Crippen molar-refractivity contribution in [2.75, 3.05) is 26.2 Å². The van der Waals surface area contributed by atoms with Gasteiger partial charge in [-0.3, -0.25) is 14.4 Å². The van der Waals surface area contributed by atoms with E-state index >= 15 is 0 Å². The molecule has 6 nitrogen and oxygen atoms in total. The summed E-state index contributed by atoms with van der Waals surface area (Å²) >= 11 is 5.08. The number of aromatic amines is 1. The van der Waals surface area contributed by atoms with Crippen molar-refractivity contribution in [2.45, 2.75) is 0 Å². The molecule has 3 heterocycles. The molecule has 8 heteroatoms. The van der Waals surface area contributed by atoms with E-state index in [1.54, 1.807) is 27.2 Å². The summed E-state index contributed by atoms with van der Waals surface area (Å²) in [6, 6.07) is 15.1. The van der Waals surface area contributed by atoms with Crippen LogP contribution in [0.1, 0.15) is 15.2 Å². The minimum Gasteiger partial charge on any atom is -0.336 e. The number of nitrogens with zero attached hydrogens (tertiary/aromatic N) is 2. The molecule has 0 atom stereocenters. The van der Waals surface area contributed by atoms with E-state index in [2.05, 4.69) is 39.1 Å². The van der Waals surface area contributed by atoms with E-state index in [0.29, 0.717) is 31.7 Å². The number of hydrogen-bond acceptors (Lipinski definition) is 4. The van der Waals surface area contributed by atoms with Crippen molar-refractivity contribution in [1.29, 1.82) is 0 Å². The molecule has 1 fully saturated rings. The van der Waals surface area contributed by atoms with Gasteiger partial charge in [0.2, 0.25) is 11.5 Å². The molecule has 1 aliphatic rings.